The normalized spacial score (nSPS) is 10.0. The van der Waals surface area contributed by atoms with Crippen LogP contribution in [0.4, 0.5) is 11.5 Å². The van der Waals surface area contributed by atoms with Crippen LogP contribution in [0.2, 0.25) is 0 Å². The Morgan fingerprint density at radius 2 is 1.83 bits per heavy atom. The highest BCUT2D eigenvalue weighted by atomic mass is 32.2. The van der Waals surface area contributed by atoms with Crippen LogP contribution >= 0.6 is 11.8 Å². The van der Waals surface area contributed by atoms with Crippen molar-refractivity contribution >= 4 is 29.2 Å². The van der Waals surface area contributed by atoms with Crippen LogP contribution in [0.1, 0.15) is 11.1 Å². The van der Waals surface area contributed by atoms with Crippen molar-refractivity contribution in [2.24, 2.45) is 0 Å². The number of nitriles is 2. The highest BCUT2D eigenvalue weighted by Crippen LogP contribution is 2.36. The molecule has 7 nitrogen and oxygen atoms in total. The van der Waals surface area contributed by atoms with Gasteiger partial charge in [-0.25, -0.2) is 4.98 Å². The summed E-state index contributed by atoms with van der Waals surface area (Å²) < 4.78 is 0. The van der Waals surface area contributed by atoms with Gasteiger partial charge in [-0.3, -0.25) is 4.79 Å². The van der Waals surface area contributed by atoms with Crippen molar-refractivity contribution < 1.29 is 9.90 Å². The summed E-state index contributed by atoms with van der Waals surface area (Å²) in [5.74, 6) is -0.326. The molecule has 1 heterocycles. The van der Waals surface area contributed by atoms with E-state index in [1.165, 1.54) is 12.1 Å². The molecule has 3 rings (SSSR count). The van der Waals surface area contributed by atoms with Crippen LogP contribution in [0.3, 0.4) is 0 Å². The lowest BCUT2D eigenvalue weighted by molar-refractivity contribution is -0.113. The molecule has 0 aliphatic carbocycles. The first-order chi connectivity index (χ1) is 14.0. The van der Waals surface area contributed by atoms with E-state index in [0.29, 0.717) is 11.3 Å². The zero-order valence-electron chi connectivity index (χ0n) is 15.1. The molecule has 29 heavy (non-hydrogen) atoms. The summed E-state index contributed by atoms with van der Waals surface area (Å²) in [6.07, 6.45) is 0. The minimum absolute atomic E-state index is 0.00138. The summed E-state index contributed by atoms with van der Waals surface area (Å²) in [7, 11) is 0. The summed E-state index contributed by atoms with van der Waals surface area (Å²) in [6.45, 7) is 0. The van der Waals surface area contributed by atoms with Gasteiger partial charge in [0.25, 0.3) is 0 Å². The summed E-state index contributed by atoms with van der Waals surface area (Å²) in [4.78, 5) is 16.4. The number of anilines is 2. The van der Waals surface area contributed by atoms with E-state index in [-0.39, 0.29) is 44.9 Å². The standard InChI is InChI=1S/C21H15N5O2S/c22-10-16-19(13-5-4-8-15(27)9-13)17(11-23)21(26-20(16)24)29-12-18(28)25-14-6-2-1-3-7-14/h1-9,27H,12H2,(H2,24,26)(H,25,28). The van der Waals surface area contributed by atoms with Crippen LogP contribution < -0.4 is 11.1 Å². The lowest BCUT2D eigenvalue weighted by Gasteiger charge is -2.13. The lowest BCUT2D eigenvalue weighted by atomic mass is 9.97. The molecule has 8 heteroatoms. The van der Waals surface area contributed by atoms with Crippen LogP contribution in [-0.4, -0.2) is 21.8 Å². The van der Waals surface area contributed by atoms with Crippen LogP contribution in [0.25, 0.3) is 11.1 Å². The first-order valence-corrected chi connectivity index (χ1v) is 9.42. The largest absolute Gasteiger partial charge is 0.508 e. The van der Waals surface area contributed by atoms with E-state index in [9.17, 15) is 20.4 Å². The Kier molecular flexibility index (Phi) is 5.98. The van der Waals surface area contributed by atoms with Crippen LogP contribution in [0.5, 0.6) is 5.75 Å². The Bertz CT molecular complexity index is 1150. The molecule has 0 fully saturated rings. The topological polar surface area (TPSA) is 136 Å². The monoisotopic (exact) mass is 401 g/mol. The second kappa shape index (κ2) is 8.79. The SMILES string of the molecule is N#Cc1c(N)nc(SCC(=O)Nc2ccccc2)c(C#N)c1-c1cccc(O)c1. The van der Waals surface area contributed by atoms with E-state index in [2.05, 4.69) is 16.4 Å². The molecule has 0 spiro atoms. The van der Waals surface area contributed by atoms with Gasteiger partial charge in [-0.1, -0.05) is 42.1 Å². The number of benzene rings is 2. The predicted octanol–water partition coefficient (Wildman–Crippen LogP) is 3.51. The lowest BCUT2D eigenvalue weighted by Crippen LogP contribution is -2.14. The molecule has 0 aliphatic rings. The van der Waals surface area contributed by atoms with Gasteiger partial charge >= 0.3 is 0 Å². The summed E-state index contributed by atoms with van der Waals surface area (Å²) in [6, 6.07) is 19.2. The smallest absolute Gasteiger partial charge is 0.234 e. The molecular weight excluding hydrogens is 386 g/mol. The average molecular weight is 401 g/mol. The number of phenols is 1. The fourth-order valence-electron chi connectivity index (χ4n) is 2.71. The summed E-state index contributed by atoms with van der Waals surface area (Å²) in [5, 5.41) is 32.0. The zero-order valence-corrected chi connectivity index (χ0v) is 15.9. The van der Waals surface area contributed by atoms with Gasteiger partial charge in [-0.15, -0.1) is 0 Å². The molecule has 0 aliphatic heterocycles. The number of hydrogen-bond donors (Lipinski definition) is 3. The van der Waals surface area contributed by atoms with E-state index in [4.69, 9.17) is 5.73 Å². The number of aromatic hydroxyl groups is 1. The van der Waals surface area contributed by atoms with Gasteiger partial charge in [0.05, 0.1) is 11.3 Å². The van der Waals surface area contributed by atoms with Gasteiger partial charge in [0.15, 0.2) is 0 Å². The highest BCUT2D eigenvalue weighted by molar-refractivity contribution is 8.00. The van der Waals surface area contributed by atoms with Gasteiger partial charge < -0.3 is 16.2 Å². The van der Waals surface area contributed by atoms with E-state index in [0.717, 1.165) is 11.8 Å². The van der Waals surface area contributed by atoms with E-state index < -0.39 is 0 Å². The molecule has 2 aromatic carbocycles. The highest BCUT2D eigenvalue weighted by Gasteiger charge is 2.21. The second-order valence-electron chi connectivity index (χ2n) is 5.90. The predicted molar refractivity (Wildman–Crippen MR) is 111 cm³/mol. The molecule has 1 aromatic heterocycles. The minimum Gasteiger partial charge on any atom is -0.508 e. The van der Waals surface area contributed by atoms with Gasteiger partial charge in [0.2, 0.25) is 5.91 Å². The van der Waals surface area contributed by atoms with Crippen molar-refractivity contribution in [3.8, 4) is 29.0 Å². The third-order valence-corrected chi connectivity index (χ3v) is 4.92. The number of hydrogen-bond acceptors (Lipinski definition) is 7. The quantitative estimate of drug-likeness (QED) is 0.557. The number of aromatic nitrogens is 1. The van der Waals surface area contributed by atoms with E-state index >= 15 is 0 Å². The summed E-state index contributed by atoms with van der Waals surface area (Å²) >= 11 is 1.05. The van der Waals surface area contributed by atoms with Crippen molar-refractivity contribution in [1.29, 1.82) is 10.5 Å². The van der Waals surface area contributed by atoms with Gasteiger partial charge in [0.1, 0.15) is 34.3 Å². The number of pyridine rings is 1. The van der Waals surface area contributed by atoms with Crippen molar-refractivity contribution in [2.45, 2.75) is 5.03 Å². The molecule has 142 valence electrons. The molecule has 4 N–H and O–H groups in total. The van der Waals surface area contributed by atoms with Crippen molar-refractivity contribution in [3.05, 3.63) is 65.7 Å². The molecule has 0 bridgehead atoms. The Hall–Kier alpha value is -4.01. The number of para-hydroxylation sites is 1. The van der Waals surface area contributed by atoms with Gasteiger partial charge in [0, 0.05) is 11.3 Å². The Morgan fingerprint density at radius 3 is 2.48 bits per heavy atom. The third-order valence-electron chi connectivity index (χ3n) is 3.95. The first-order valence-electron chi connectivity index (χ1n) is 8.44. The van der Waals surface area contributed by atoms with Crippen molar-refractivity contribution in [3.63, 3.8) is 0 Å². The molecular formula is C21H15N5O2S. The molecule has 0 saturated heterocycles. The Balaban J connectivity index is 1.95. The number of carbonyl (C=O) groups is 1. The summed E-state index contributed by atoms with van der Waals surface area (Å²) in [5.41, 5.74) is 7.51. The minimum atomic E-state index is -0.270. The number of nitrogens with one attached hydrogen (secondary N) is 1. The number of carbonyl (C=O) groups excluding carboxylic acids is 1. The van der Waals surface area contributed by atoms with Crippen LogP contribution in [0.15, 0.2) is 59.6 Å². The maximum Gasteiger partial charge on any atom is 0.234 e. The van der Waals surface area contributed by atoms with E-state index in [1.807, 2.05) is 12.1 Å². The molecule has 0 atom stereocenters. The fourth-order valence-corrected chi connectivity index (χ4v) is 3.50. The Labute approximate surface area is 171 Å². The van der Waals surface area contributed by atoms with Crippen molar-refractivity contribution in [2.75, 3.05) is 16.8 Å². The molecule has 0 radical (unpaired) electrons. The van der Waals surface area contributed by atoms with Gasteiger partial charge in [-0.2, -0.15) is 10.5 Å². The Morgan fingerprint density at radius 1 is 1.10 bits per heavy atom. The maximum atomic E-state index is 12.2. The molecule has 3 aromatic rings. The molecule has 1 amide bonds. The molecule has 0 saturated carbocycles. The van der Waals surface area contributed by atoms with E-state index in [1.54, 1.807) is 36.4 Å². The fraction of sp³-hybridized carbons (Fsp3) is 0.0476. The van der Waals surface area contributed by atoms with Crippen LogP contribution in [0, 0.1) is 22.7 Å². The second-order valence-corrected chi connectivity index (χ2v) is 6.87. The number of amides is 1. The number of thioether (sulfide) groups is 1. The number of nitrogen functional groups attached to an aromatic ring is 1. The number of rotatable bonds is 5. The van der Waals surface area contributed by atoms with Crippen molar-refractivity contribution in [1.82, 2.24) is 4.98 Å². The number of phenolic OH excluding ortho intramolecular Hbond substituents is 1. The molecule has 0 unspecified atom stereocenters. The maximum absolute atomic E-state index is 12.2. The first kappa shape index (κ1) is 19.7. The zero-order chi connectivity index (χ0) is 20.8. The van der Waals surface area contributed by atoms with Crippen LogP contribution in [-0.2, 0) is 4.79 Å². The number of nitrogens with two attached hydrogens (primary N) is 1. The average Bonchev–Trinajstić information content (AvgIpc) is 2.72. The number of nitrogens with zero attached hydrogens (tertiary/aromatic N) is 3. The van der Waals surface area contributed by atoms with Gasteiger partial charge in [-0.05, 0) is 29.8 Å². The third kappa shape index (κ3) is 4.46.